The molecule has 4 heteroatoms. The van der Waals surface area contributed by atoms with E-state index in [-0.39, 0.29) is 6.17 Å². The van der Waals surface area contributed by atoms with Gasteiger partial charge in [-0.3, -0.25) is 5.32 Å². The number of para-hydroxylation sites is 1. The van der Waals surface area contributed by atoms with Crippen molar-refractivity contribution in [1.29, 1.82) is 0 Å². The summed E-state index contributed by atoms with van der Waals surface area (Å²) in [7, 11) is 0. The third-order valence-corrected chi connectivity index (χ3v) is 3.56. The van der Waals surface area contributed by atoms with Gasteiger partial charge in [0.25, 0.3) is 0 Å². The fraction of sp³-hybridized carbons (Fsp3) is 0.214. The van der Waals surface area contributed by atoms with E-state index in [1.165, 1.54) is 16.2 Å². The number of hydrogen-bond acceptors (Lipinski definition) is 4. The first kappa shape index (κ1) is 10.1. The molecule has 2 aromatic rings. The van der Waals surface area contributed by atoms with Crippen LogP contribution in [-0.2, 0) is 0 Å². The van der Waals surface area contributed by atoms with Gasteiger partial charge in [0.2, 0.25) is 0 Å². The molecule has 1 aromatic heterocycles. The van der Waals surface area contributed by atoms with Crippen LogP contribution in [0.4, 0.5) is 0 Å². The average Bonchev–Trinajstić information content (AvgIpc) is 2.45. The van der Waals surface area contributed by atoms with E-state index in [0.29, 0.717) is 0 Å². The topological polar surface area (TPSA) is 49.0 Å². The van der Waals surface area contributed by atoms with E-state index in [4.69, 9.17) is 4.98 Å². The van der Waals surface area contributed by atoms with Gasteiger partial charge in [0.05, 0.1) is 10.9 Å². The number of fused-ring (bicyclic) bond motifs is 3. The molecule has 1 fully saturated rings. The van der Waals surface area contributed by atoms with Crippen LogP contribution in [0.15, 0.2) is 30.3 Å². The van der Waals surface area contributed by atoms with Crippen molar-refractivity contribution in [3.8, 4) is 0 Å². The molecule has 1 saturated heterocycles. The van der Waals surface area contributed by atoms with E-state index in [0.717, 1.165) is 24.1 Å². The molecule has 1 aromatic carbocycles. The largest absolute Gasteiger partial charge is 0.372 e. The number of benzene rings is 1. The van der Waals surface area contributed by atoms with Crippen LogP contribution in [0.1, 0.15) is 0 Å². The van der Waals surface area contributed by atoms with Gasteiger partial charge in [0.15, 0.2) is 0 Å². The minimum atomic E-state index is 0.215. The lowest BCUT2D eigenvalue weighted by atomic mass is 10.1. The molecule has 0 saturated carbocycles. The second-order valence-electron chi connectivity index (χ2n) is 4.70. The van der Waals surface area contributed by atoms with Crippen LogP contribution in [0.5, 0.6) is 0 Å². The number of pyridine rings is 1. The Balaban J connectivity index is 2.09. The highest BCUT2D eigenvalue weighted by molar-refractivity contribution is 5.79. The Morgan fingerprint density at radius 1 is 1.22 bits per heavy atom. The molecule has 4 rings (SSSR count). The van der Waals surface area contributed by atoms with Crippen molar-refractivity contribution in [3.63, 3.8) is 0 Å². The lowest BCUT2D eigenvalue weighted by molar-refractivity contribution is 0.482. The molecular formula is C14H14N4. The number of rotatable bonds is 0. The summed E-state index contributed by atoms with van der Waals surface area (Å²) in [5.41, 5.74) is 2.35. The highest BCUT2D eigenvalue weighted by Crippen LogP contribution is 2.08. The van der Waals surface area contributed by atoms with E-state index < -0.39 is 0 Å². The zero-order valence-corrected chi connectivity index (χ0v) is 9.90. The van der Waals surface area contributed by atoms with Crippen LogP contribution >= 0.6 is 0 Å². The van der Waals surface area contributed by atoms with Crippen LogP contribution in [0.2, 0.25) is 0 Å². The molecule has 2 aliphatic rings. The van der Waals surface area contributed by atoms with Gasteiger partial charge in [-0.2, -0.15) is 0 Å². The summed E-state index contributed by atoms with van der Waals surface area (Å²) in [5, 5.41) is 13.6. The average molecular weight is 238 g/mol. The standard InChI is InChI=1S/C14H14N4/c1-2-4-12-9(3-1)5-10-6-16-14-11(13(10)18-12)7-15-8-17-14/h1-6,14-17H,7-8H2. The maximum absolute atomic E-state index is 4.81. The Kier molecular flexibility index (Phi) is 2.12. The molecule has 1 atom stereocenters. The Morgan fingerprint density at radius 2 is 2.17 bits per heavy atom. The maximum atomic E-state index is 4.81. The van der Waals surface area contributed by atoms with Gasteiger partial charge in [-0.15, -0.1) is 0 Å². The van der Waals surface area contributed by atoms with Gasteiger partial charge in [0, 0.05) is 35.6 Å². The minimum absolute atomic E-state index is 0.215. The zero-order chi connectivity index (χ0) is 11.9. The Hall–Kier alpha value is -1.91. The Bertz CT molecular complexity index is 735. The van der Waals surface area contributed by atoms with E-state index in [9.17, 15) is 0 Å². The molecule has 18 heavy (non-hydrogen) atoms. The predicted molar refractivity (Wildman–Crippen MR) is 71.8 cm³/mol. The highest BCUT2D eigenvalue weighted by atomic mass is 15.2. The Labute approximate surface area is 104 Å². The van der Waals surface area contributed by atoms with Gasteiger partial charge >= 0.3 is 0 Å². The summed E-state index contributed by atoms with van der Waals surface area (Å²) in [6.07, 6.45) is 2.27. The zero-order valence-electron chi connectivity index (χ0n) is 9.90. The molecule has 1 unspecified atom stereocenters. The summed E-state index contributed by atoms with van der Waals surface area (Å²) in [5.74, 6) is 0. The van der Waals surface area contributed by atoms with Crippen molar-refractivity contribution in [2.75, 3.05) is 13.2 Å². The van der Waals surface area contributed by atoms with E-state index >= 15 is 0 Å². The van der Waals surface area contributed by atoms with Gasteiger partial charge in [0.1, 0.15) is 6.17 Å². The molecule has 0 spiro atoms. The van der Waals surface area contributed by atoms with Crippen LogP contribution in [0, 0.1) is 0 Å². The first-order valence-corrected chi connectivity index (χ1v) is 6.21. The summed E-state index contributed by atoms with van der Waals surface area (Å²) in [6, 6.07) is 10.4. The van der Waals surface area contributed by atoms with Crippen LogP contribution in [0.25, 0.3) is 22.7 Å². The highest BCUT2D eigenvalue weighted by Gasteiger charge is 2.20. The SMILES string of the molecule is C1=c2cc3ccccc3nc2=C2CNCNC2N1. The van der Waals surface area contributed by atoms with E-state index in [1.807, 2.05) is 12.1 Å². The second-order valence-corrected chi connectivity index (χ2v) is 4.70. The lowest BCUT2D eigenvalue weighted by Crippen LogP contribution is -2.58. The molecule has 3 heterocycles. The minimum Gasteiger partial charge on any atom is -0.372 e. The van der Waals surface area contributed by atoms with Crippen LogP contribution < -0.4 is 26.5 Å². The van der Waals surface area contributed by atoms with Crippen molar-refractivity contribution in [2.45, 2.75) is 6.17 Å². The summed E-state index contributed by atoms with van der Waals surface area (Å²) in [4.78, 5) is 4.81. The van der Waals surface area contributed by atoms with Gasteiger partial charge in [-0.1, -0.05) is 18.2 Å². The number of nitrogens with one attached hydrogen (secondary N) is 3. The third-order valence-electron chi connectivity index (χ3n) is 3.56. The molecule has 4 nitrogen and oxygen atoms in total. The van der Waals surface area contributed by atoms with Gasteiger partial charge < -0.3 is 10.6 Å². The van der Waals surface area contributed by atoms with E-state index in [2.05, 4.69) is 40.3 Å². The second kappa shape index (κ2) is 3.80. The van der Waals surface area contributed by atoms with Crippen molar-refractivity contribution >= 4 is 22.7 Å². The molecule has 3 N–H and O–H groups in total. The normalized spacial score (nSPS) is 21.8. The third kappa shape index (κ3) is 1.43. The number of aromatic nitrogens is 1. The fourth-order valence-electron chi connectivity index (χ4n) is 2.65. The van der Waals surface area contributed by atoms with Gasteiger partial charge in [-0.25, -0.2) is 4.98 Å². The summed E-state index contributed by atoms with van der Waals surface area (Å²) < 4.78 is 0. The number of nitrogens with zero attached hydrogens (tertiary/aromatic N) is 1. The predicted octanol–water partition coefficient (Wildman–Crippen LogP) is -0.797. The van der Waals surface area contributed by atoms with E-state index in [1.54, 1.807) is 0 Å². The summed E-state index contributed by atoms with van der Waals surface area (Å²) >= 11 is 0. The molecular weight excluding hydrogens is 224 g/mol. The first-order chi connectivity index (χ1) is 8.92. The van der Waals surface area contributed by atoms with Crippen molar-refractivity contribution in [2.24, 2.45) is 0 Å². The lowest BCUT2D eigenvalue weighted by Gasteiger charge is -2.29. The maximum Gasteiger partial charge on any atom is 0.103 e. The smallest absolute Gasteiger partial charge is 0.103 e. The van der Waals surface area contributed by atoms with Crippen LogP contribution in [-0.4, -0.2) is 24.4 Å². The number of hydrogen-bond donors (Lipinski definition) is 3. The molecule has 90 valence electrons. The Morgan fingerprint density at radius 3 is 3.17 bits per heavy atom. The molecule has 2 aliphatic heterocycles. The molecule has 0 aliphatic carbocycles. The van der Waals surface area contributed by atoms with Crippen molar-refractivity contribution in [1.82, 2.24) is 20.9 Å². The molecule has 0 bridgehead atoms. The molecule has 0 radical (unpaired) electrons. The summed E-state index contributed by atoms with van der Waals surface area (Å²) in [6.45, 7) is 1.72. The van der Waals surface area contributed by atoms with Gasteiger partial charge in [-0.05, 0) is 12.1 Å². The van der Waals surface area contributed by atoms with Crippen LogP contribution in [0.3, 0.4) is 0 Å². The fourth-order valence-corrected chi connectivity index (χ4v) is 2.65. The molecule has 0 amide bonds. The monoisotopic (exact) mass is 238 g/mol. The quantitative estimate of drug-likeness (QED) is 0.562. The van der Waals surface area contributed by atoms with Crippen molar-refractivity contribution in [3.05, 3.63) is 40.9 Å². The first-order valence-electron chi connectivity index (χ1n) is 6.21. The van der Waals surface area contributed by atoms with Crippen molar-refractivity contribution < 1.29 is 0 Å².